The van der Waals surface area contributed by atoms with Crippen LogP contribution in [0.2, 0.25) is 0 Å². The molecule has 3 fully saturated rings. The van der Waals surface area contributed by atoms with Crippen LogP contribution in [-0.4, -0.2) is 105 Å². The van der Waals surface area contributed by atoms with Gasteiger partial charge in [0.2, 0.25) is 11.8 Å². The highest BCUT2D eigenvalue weighted by Crippen LogP contribution is 2.52. The number of rotatable bonds is 6. The Labute approximate surface area is 191 Å². The number of carboxylic acids is 1. The van der Waals surface area contributed by atoms with Crippen LogP contribution in [0, 0.1) is 11.8 Å². The molecule has 11 heteroatoms. The molecule has 0 saturated carbocycles. The molecule has 4 N–H and O–H groups in total. The molecule has 4 heterocycles. The van der Waals surface area contributed by atoms with Crippen molar-refractivity contribution in [3.8, 4) is 0 Å². The van der Waals surface area contributed by atoms with Crippen molar-refractivity contribution in [2.24, 2.45) is 22.6 Å². The van der Waals surface area contributed by atoms with Crippen molar-refractivity contribution < 1.29 is 24.6 Å². The fraction of sp³-hybridized carbons (Fsp3) is 0.714. The highest BCUT2D eigenvalue weighted by Gasteiger charge is 2.60. The molecule has 2 amide bonds. The molecule has 0 aromatic heterocycles. The van der Waals surface area contributed by atoms with E-state index in [-0.39, 0.29) is 46.8 Å². The van der Waals surface area contributed by atoms with Gasteiger partial charge >= 0.3 is 5.97 Å². The number of aliphatic hydroxyl groups excluding tert-OH is 1. The Morgan fingerprint density at radius 1 is 1.34 bits per heavy atom. The quantitative estimate of drug-likeness (QED) is 0.272. The normalized spacial score (nSPS) is 36.2. The monoisotopic (exact) mass is 465 g/mol. The van der Waals surface area contributed by atoms with Crippen molar-refractivity contribution >= 4 is 35.9 Å². The SMILES string of the molecule is C[C@@H](O)[C@H]1C(=O)N2C(C(=O)O)=C(S[C@H]3C[C@@H](C(=O)N4CC[C@H](N=CN)C4)N(C)C3)[C@H](C)[C@H]12. The summed E-state index contributed by atoms with van der Waals surface area (Å²) in [6.45, 7) is 5.37. The van der Waals surface area contributed by atoms with Crippen molar-refractivity contribution in [3.05, 3.63) is 10.6 Å². The number of aliphatic carboxylic acids is 1. The van der Waals surface area contributed by atoms with Gasteiger partial charge in [0.05, 0.1) is 36.5 Å². The lowest BCUT2D eigenvalue weighted by molar-refractivity contribution is -0.163. The van der Waals surface area contributed by atoms with Gasteiger partial charge < -0.3 is 25.7 Å². The molecule has 4 aliphatic rings. The van der Waals surface area contributed by atoms with Crippen molar-refractivity contribution in [1.29, 1.82) is 0 Å². The van der Waals surface area contributed by atoms with Crippen LogP contribution >= 0.6 is 11.8 Å². The predicted molar refractivity (Wildman–Crippen MR) is 120 cm³/mol. The van der Waals surface area contributed by atoms with Crippen molar-refractivity contribution in [3.63, 3.8) is 0 Å². The number of hydrogen-bond donors (Lipinski definition) is 3. The van der Waals surface area contributed by atoms with E-state index in [1.54, 1.807) is 6.92 Å². The number of likely N-dealkylation sites (tertiary alicyclic amines) is 2. The summed E-state index contributed by atoms with van der Waals surface area (Å²) in [6.07, 6.45) is 1.89. The number of hydrogen-bond acceptors (Lipinski definition) is 7. The Kier molecular flexibility index (Phi) is 6.25. The average Bonchev–Trinajstić information content (AvgIpc) is 3.38. The smallest absolute Gasteiger partial charge is 0.353 e. The molecule has 7 atom stereocenters. The van der Waals surface area contributed by atoms with Crippen molar-refractivity contribution in [2.75, 3.05) is 26.7 Å². The second-order valence-corrected chi connectivity index (χ2v) is 10.6. The van der Waals surface area contributed by atoms with Gasteiger partial charge in [-0.25, -0.2) is 4.79 Å². The van der Waals surface area contributed by atoms with Crippen LogP contribution in [0.5, 0.6) is 0 Å². The Balaban J connectivity index is 1.46. The van der Waals surface area contributed by atoms with E-state index in [9.17, 15) is 24.6 Å². The van der Waals surface area contributed by atoms with E-state index in [0.29, 0.717) is 31.0 Å². The van der Waals surface area contributed by atoms with E-state index < -0.39 is 18.0 Å². The maximum Gasteiger partial charge on any atom is 0.353 e. The number of aliphatic hydroxyl groups is 1. The minimum atomic E-state index is -1.12. The standard InChI is InChI=1S/C21H31N5O5S/c1-10-16-15(11(2)27)20(29)26(16)17(21(30)31)18(10)32-13-6-14(24(3)8-13)19(28)25-5-4-12(7-25)23-9-22/h9-16,27H,4-8H2,1-3H3,(H2,22,23)(H,30,31)/t10-,11-,12+,13+,14+,15-,16-/m1/s1. The molecule has 10 nitrogen and oxygen atoms in total. The largest absolute Gasteiger partial charge is 0.477 e. The zero-order valence-electron chi connectivity index (χ0n) is 18.5. The highest BCUT2D eigenvalue weighted by atomic mass is 32.2. The first-order chi connectivity index (χ1) is 15.1. The molecule has 0 aromatic rings. The third-order valence-electron chi connectivity index (χ3n) is 7.17. The molecular weight excluding hydrogens is 434 g/mol. The third-order valence-corrected chi connectivity index (χ3v) is 8.67. The van der Waals surface area contributed by atoms with E-state index in [2.05, 4.69) is 4.99 Å². The lowest BCUT2D eigenvalue weighted by Crippen LogP contribution is -2.63. The first-order valence-corrected chi connectivity index (χ1v) is 11.9. The molecule has 176 valence electrons. The van der Waals surface area contributed by atoms with E-state index in [4.69, 9.17) is 5.73 Å². The lowest BCUT2D eigenvalue weighted by atomic mass is 9.79. The Hall–Kier alpha value is -2.11. The van der Waals surface area contributed by atoms with Crippen LogP contribution in [0.3, 0.4) is 0 Å². The second kappa shape index (κ2) is 8.68. The fourth-order valence-corrected chi connectivity index (χ4v) is 7.18. The van der Waals surface area contributed by atoms with E-state index in [1.165, 1.54) is 23.0 Å². The number of carbonyl (C=O) groups is 3. The highest BCUT2D eigenvalue weighted by molar-refractivity contribution is 8.03. The van der Waals surface area contributed by atoms with Gasteiger partial charge in [-0.05, 0) is 26.8 Å². The van der Waals surface area contributed by atoms with E-state index in [1.807, 2.05) is 23.8 Å². The summed E-state index contributed by atoms with van der Waals surface area (Å²) in [6, 6.07) is -0.535. The third kappa shape index (κ3) is 3.69. The van der Waals surface area contributed by atoms with Crippen LogP contribution < -0.4 is 5.73 Å². The molecule has 0 radical (unpaired) electrons. The van der Waals surface area contributed by atoms with Gasteiger partial charge in [0.1, 0.15) is 5.70 Å². The van der Waals surface area contributed by atoms with E-state index in [0.717, 1.165) is 6.42 Å². The second-order valence-electron chi connectivity index (χ2n) is 9.23. The van der Waals surface area contributed by atoms with Crippen molar-refractivity contribution in [2.45, 2.75) is 56.2 Å². The van der Waals surface area contributed by atoms with Gasteiger partial charge in [-0.3, -0.25) is 19.5 Å². The summed E-state index contributed by atoms with van der Waals surface area (Å²) in [5.41, 5.74) is 5.42. The number of carboxylic acid groups (broad SMARTS) is 1. The topological polar surface area (TPSA) is 140 Å². The number of β-lactam (4-membered cyclic amide) rings is 1. The number of fused-ring (bicyclic) bond motifs is 1. The number of nitrogens with two attached hydrogens (primary N) is 1. The Morgan fingerprint density at radius 3 is 2.69 bits per heavy atom. The summed E-state index contributed by atoms with van der Waals surface area (Å²) in [5, 5.41) is 19.9. The summed E-state index contributed by atoms with van der Waals surface area (Å²) >= 11 is 1.47. The number of amides is 2. The van der Waals surface area contributed by atoms with E-state index >= 15 is 0 Å². The summed E-state index contributed by atoms with van der Waals surface area (Å²) < 4.78 is 0. The number of aliphatic imine (C=N–C) groups is 1. The van der Waals surface area contributed by atoms with Gasteiger partial charge in [-0.1, -0.05) is 6.92 Å². The molecule has 32 heavy (non-hydrogen) atoms. The maximum atomic E-state index is 13.1. The molecular formula is C21H31N5O5S. The zero-order valence-corrected chi connectivity index (χ0v) is 19.4. The van der Waals surface area contributed by atoms with Crippen LogP contribution in [0.15, 0.2) is 15.6 Å². The minimum Gasteiger partial charge on any atom is -0.477 e. The fourth-order valence-electron chi connectivity index (χ4n) is 5.58. The Bertz CT molecular complexity index is 877. The lowest BCUT2D eigenvalue weighted by Gasteiger charge is -2.46. The maximum absolute atomic E-state index is 13.1. The molecule has 0 unspecified atom stereocenters. The molecule has 0 aliphatic carbocycles. The van der Waals surface area contributed by atoms with Crippen LogP contribution in [-0.2, 0) is 14.4 Å². The van der Waals surface area contributed by atoms with Crippen molar-refractivity contribution in [1.82, 2.24) is 14.7 Å². The molecule has 4 rings (SSSR count). The number of carbonyl (C=O) groups excluding carboxylic acids is 2. The van der Waals surface area contributed by atoms with Gasteiger partial charge in [0.25, 0.3) is 0 Å². The first kappa shape index (κ1) is 23.1. The number of thioether (sulfide) groups is 1. The van der Waals surface area contributed by atoms with Crippen LogP contribution in [0.4, 0.5) is 0 Å². The van der Waals surface area contributed by atoms with Crippen LogP contribution in [0.25, 0.3) is 0 Å². The molecule has 4 aliphatic heterocycles. The van der Waals surface area contributed by atoms with Gasteiger partial charge in [-0.15, -0.1) is 11.8 Å². The van der Waals surface area contributed by atoms with Crippen LogP contribution in [0.1, 0.15) is 26.7 Å². The Morgan fingerprint density at radius 2 is 2.06 bits per heavy atom. The van der Waals surface area contributed by atoms with Gasteiger partial charge in [-0.2, -0.15) is 0 Å². The summed E-state index contributed by atoms with van der Waals surface area (Å²) in [4.78, 5) is 47.7. The first-order valence-electron chi connectivity index (χ1n) is 11.0. The minimum absolute atomic E-state index is 0.0360. The zero-order chi connectivity index (χ0) is 23.3. The summed E-state index contributed by atoms with van der Waals surface area (Å²) in [5.74, 6) is -2.12. The number of nitrogens with zero attached hydrogens (tertiary/aromatic N) is 4. The molecule has 0 bridgehead atoms. The average molecular weight is 466 g/mol. The van der Waals surface area contributed by atoms with Gasteiger partial charge in [0.15, 0.2) is 0 Å². The predicted octanol–water partition coefficient (Wildman–Crippen LogP) is -0.466. The summed E-state index contributed by atoms with van der Waals surface area (Å²) in [7, 11) is 1.92. The number of likely N-dealkylation sites (N-methyl/N-ethyl adjacent to an activating group) is 1. The molecule has 0 spiro atoms. The van der Waals surface area contributed by atoms with Gasteiger partial charge in [0, 0.05) is 35.7 Å². The molecule has 0 aromatic carbocycles. The molecule has 3 saturated heterocycles.